The minimum absolute atomic E-state index is 0.0234. The zero-order chi connectivity index (χ0) is 19.5. The first kappa shape index (κ1) is 18.5. The van der Waals surface area contributed by atoms with Crippen LogP contribution >= 0.6 is 0 Å². The third-order valence-electron chi connectivity index (χ3n) is 5.10. The monoisotopic (exact) mass is 378 g/mol. The molecule has 1 heterocycles. The molecule has 0 spiro atoms. The Morgan fingerprint density at radius 2 is 1.82 bits per heavy atom. The molecule has 5 heteroatoms. The van der Waals surface area contributed by atoms with Gasteiger partial charge in [0.05, 0.1) is 26.7 Å². The minimum atomic E-state index is -0.854. The maximum atomic E-state index is 11.7. The molecule has 0 bridgehead atoms. The maximum absolute atomic E-state index is 11.7. The second-order valence-corrected chi connectivity index (χ2v) is 6.83. The summed E-state index contributed by atoms with van der Waals surface area (Å²) < 4.78 is 16.8. The highest BCUT2D eigenvalue weighted by Crippen LogP contribution is 2.38. The van der Waals surface area contributed by atoms with Crippen LogP contribution in [0.15, 0.2) is 60.7 Å². The van der Waals surface area contributed by atoms with Crippen molar-refractivity contribution in [2.45, 2.75) is 18.6 Å². The quantitative estimate of drug-likeness (QED) is 0.684. The average molecular weight is 378 g/mol. The molecule has 144 valence electrons. The fraction of sp³-hybridized carbons (Fsp3) is 0.261. The summed E-state index contributed by atoms with van der Waals surface area (Å²) in [5.41, 5.74) is 2.65. The molecule has 0 aromatic heterocycles. The van der Waals surface area contributed by atoms with Crippen molar-refractivity contribution in [2.24, 2.45) is 0 Å². The number of hydrogen-bond acceptors (Lipinski definition) is 4. The number of fused-ring (bicyclic) bond motifs is 1. The lowest BCUT2D eigenvalue weighted by Crippen LogP contribution is -2.13. The number of benzene rings is 3. The number of carbonyl (C=O) groups is 1. The molecule has 0 aliphatic carbocycles. The Morgan fingerprint density at radius 3 is 2.54 bits per heavy atom. The summed E-state index contributed by atoms with van der Waals surface area (Å²) in [6, 6.07) is 19.8. The van der Waals surface area contributed by atoms with E-state index in [1.54, 1.807) is 7.11 Å². The van der Waals surface area contributed by atoms with Gasteiger partial charge in [0.25, 0.3) is 0 Å². The second-order valence-electron chi connectivity index (χ2n) is 6.83. The first-order valence-electron chi connectivity index (χ1n) is 9.27. The second kappa shape index (κ2) is 8.00. The van der Waals surface area contributed by atoms with Gasteiger partial charge < -0.3 is 19.3 Å². The molecular weight excluding hydrogens is 356 g/mol. The number of rotatable bonds is 6. The van der Waals surface area contributed by atoms with Crippen LogP contribution < -0.4 is 4.74 Å². The van der Waals surface area contributed by atoms with Gasteiger partial charge in [-0.05, 0) is 34.0 Å². The van der Waals surface area contributed by atoms with Crippen molar-refractivity contribution in [1.82, 2.24) is 0 Å². The number of aliphatic carboxylic acids is 1. The lowest BCUT2D eigenvalue weighted by Gasteiger charge is -2.23. The number of carboxylic acid groups (broad SMARTS) is 1. The predicted octanol–water partition coefficient (Wildman–Crippen LogP) is 4.50. The van der Waals surface area contributed by atoms with Gasteiger partial charge in [-0.1, -0.05) is 48.5 Å². The molecule has 1 fully saturated rings. The molecule has 1 atom stereocenters. The Balaban J connectivity index is 1.83. The lowest BCUT2D eigenvalue weighted by atomic mass is 9.84. The molecule has 4 rings (SSSR count). The first-order chi connectivity index (χ1) is 13.7. The van der Waals surface area contributed by atoms with Crippen LogP contribution in [-0.4, -0.2) is 31.4 Å². The molecule has 28 heavy (non-hydrogen) atoms. The van der Waals surface area contributed by atoms with Gasteiger partial charge in [-0.2, -0.15) is 0 Å². The molecule has 0 amide bonds. The standard InChI is InChI=1S/C23H22O5/c1-26-18-8-9-19(21(13-18)23-27-10-11-28-23)20(14-22(24)25)17-7-6-15-4-2-3-5-16(15)12-17/h2-9,12-13,20,23H,10-11,14H2,1H3,(H,24,25)/t20-/m0/s1. The fourth-order valence-corrected chi connectivity index (χ4v) is 3.75. The van der Waals surface area contributed by atoms with Gasteiger partial charge in [0, 0.05) is 11.5 Å². The van der Waals surface area contributed by atoms with Crippen LogP contribution in [0.4, 0.5) is 0 Å². The van der Waals surface area contributed by atoms with Crippen molar-refractivity contribution in [3.8, 4) is 5.75 Å². The summed E-state index contributed by atoms with van der Waals surface area (Å²) in [6.07, 6.45) is -0.536. The Kier molecular flexibility index (Phi) is 5.28. The van der Waals surface area contributed by atoms with E-state index in [1.165, 1.54) is 0 Å². The Labute approximate surface area is 163 Å². The first-order valence-corrected chi connectivity index (χ1v) is 9.27. The van der Waals surface area contributed by atoms with Crippen LogP contribution in [0.25, 0.3) is 10.8 Å². The molecule has 1 saturated heterocycles. The topological polar surface area (TPSA) is 65.0 Å². The molecule has 3 aromatic carbocycles. The van der Waals surface area contributed by atoms with Gasteiger partial charge in [-0.25, -0.2) is 0 Å². The summed E-state index contributed by atoms with van der Waals surface area (Å²) in [5.74, 6) is -0.491. The average Bonchev–Trinajstić information content (AvgIpc) is 3.26. The van der Waals surface area contributed by atoms with E-state index in [0.29, 0.717) is 19.0 Å². The molecule has 3 aromatic rings. The summed E-state index contributed by atoms with van der Waals surface area (Å²) >= 11 is 0. The van der Waals surface area contributed by atoms with Gasteiger partial charge in [-0.15, -0.1) is 0 Å². The summed E-state index contributed by atoms with van der Waals surface area (Å²) in [5, 5.41) is 11.8. The maximum Gasteiger partial charge on any atom is 0.304 e. The fourth-order valence-electron chi connectivity index (χ4n) is 3.75. The molecule has 1 aliphatic rings. The van der Waals surface area contributed by atoms with Crippen molar-refractivity contribution in [3.05, 3.63) is 77.4 Å². The van der Waals surface area contributed by atoms with Crippen LogP contribution in [0.2, 0.25) is 0 Å². The number of hydrogen-bond donors (Lipinski definition) is 1. The van der Waals surface area contributed by atoms with Crippen molar-refractivity contribution in [1.29, 1.82) is 0 Å². The van der Waals surface area contributed by atoms with E-state index >= 15 is 0 Å². The van der Waals surface area contributed by atoms with E-state index in [0.717, 1.165) is 27.5 Å². The molecule has 0 saturated carbocycles. The van der Waals surface area contributed by atoms with Crippen molar-refractivity contribution in [2.75, 3.05) is 20.3 Å². The molecule has 0 unspecified atom stereocenters. The normalized spacial score (nSPS) is 15.6. The Morgan fingerprint density at radius 1 is 1.07 bits per heavy atom. The van der Waals surface area contributed by atoms with Crippen molar-refractivity contribution < 1.29 is 24.1 Å². The lowest BCUT2D eigenvalue weighted by molar-refractivity contribution is -0.137. The van der Waals surface area contributed by atoms with Gasteiger partial charge in [0.1, 0.15) is 5.75 Å². The van der Waals surface area contributed by atoms with Crippen LogP contribution in [0.1, 0.15) is 35.3 Å². The highest BCUT2D eigenvalue weighted by atomic mass is 16.7. The molecular formula is C23H22O5. The molecule has 5 nitrogen and oxygen atoms in total. The van der Waals surface area contributed by atoms with Gasteiger partial charge in [0.2, 0.25) is 0 Å². The Hall–Kier alpha value is -2.89. The van der Waals surface area contributed by atoms with Crippen molar-refractivity contribution in [3.63, 3.8) is 0 Å². The SMILES string of the molecule is COc1ccc([C@@H](CC(=O)O)c2ccc3ccccc3c2)c(C2OCCO2)c1. The third-order valence-corrected chi connectivity index (χ3v) is 5.10. The summed E-state index contributed by atoms with van der Waals surface area (Å²) in [7, 11) is 1.60. The van der Waals surface area contributed by atoms with Gasteiger partial charge >= 0.3 is 5.97 Å². The van der Waals surface area contributed by atoms with Crippen LogP contribution in [0, 0.1) is 0 Å². The smallest absolute Gasteiger partial charge is 0.304 e. The van der Waals surface area contributed by atoms with E-state index in [1.807, 2.05) is 54.6 Å². The number of ether oxygens (including phenoxy) is 3. The predicted molar refractivity (Wildman–Crippen MR) is 106 cm³/mol. The van der Waals surface area contributed by atoms with E-state index in [-0.39, 0.29) is 12.3 Å². The van der Waals surface area contributed by atoms with E-state index in [2.05, 4.69) is 6.07 Å². The molecule has 1 aliphatic heterocycles. The number of carboxylic acids is 1. The van der Waals surface area contributed by atoms with Gasteiger partial charge in [0.15, 0.2) is 6.29 Å². The number of methoxy groups -OCH3 is 1. The zero-order valence-corrected chi connectivity index (χ0v) is 15.6. The third kappa shape index (κ3) is 3.72. The zero-order valence-electron chi connectivity index (χ0n) is 15.6. The summed E-state index contributed by atoms with van der Waals surface area (Å²) in [6.45, 7) is 1.03. The van der Waals surface area contributed by atoms with E-state index < -0.39 is 12.3 Å². The highest BCUT2D eigenvalue weighted by Gasteiger charge is 2.28. The molecule has 1 N–H and O–H groups in total. The molecule has 0 radical (unpaired) electrons. The summed E-state index contributed by atoms with van der Waals surface area (Å²) in [4.78, 5) is 11.7. The van der Waals surface area contributed by atoms with Crippen LogP contribution in [0.5, 0.6) is 5.75 Å². The highest BCUT2D eigenvalue weighted by molar-refractivity contribution is 5.83. The Bertz CT molecular complexity index is 991. The largest absolute Gasteiger partial charge is 0.497 e. The minimum Gasteiger partial charge on any atom is -0.497 e. The van der Waals surface area contributed by atoms with Crippen molar-refractivity contribution >= 4 is 16.7 Å². The van der Waals surface area contributed by atoms with Crippen LogP contribution in [0.3, 0.4) is 0 Å². The van der Waals surface area contributed by atoms with Gasteiger partial charge in [-0.3, -0.25) is 4.79 Å². The van der Waals surface area contributed by atoms with E-state index in [4.69, 9.17) is 14.2 Å². The van der Waals surface area contributed by atoms with Crippen LogP contribution in [-0.2, 0) is 14.3 Å². The van der Waals surface area contributed by atoms with E-state index in [9.17, 15) is 9.90 Å².